The standard InChI is InChI=1S/C18H16FN7O.ClH/c19-12-3-5-24(10-12)17-9-21-16(8-22-17)15-6-14-11-25(18(27)26(14)23-15)13-2-1-4-20-7-13;/h1-2,4,6-9,12H,3,5,10-11H2;1H. The van der Waals surface area contributed by atoms with E-state index in [0.717, 1.165) is 11.4 Å². The lowest BCUT2D eigenvalue weighted by atomic mass is 10.3. The molecule has 5 heterocycles. The van der Waals surface area contributed by atoms with E-state index < -0.39 is 6.17 Å². The monoisotopic (exact) mass is 401 g/mol. The summed E-state index contributed by atoms with van der Waals surface area (Å²) < 4.78 is 14.7. The Hall–Kier alpha value is -3.07. The molecule has 2 aliphatic rings. The third kappa shape index (κ3) is 3.07. The number of anilines is 2. The van der Waals surface area contributed by atoms with Crippen LogP contribution >= 0.6 is 12.4 Å². The van der Waals surface area contributed by atoms with E-state index in [0.29, 0.717) is 43.3 Å². The van der Waals surface area contributed by atoms with E-state index in [4.69, 9.17) is 0 Å². The van der Waals surface area contributed by atoms with Gasteiger partial charge < -0.3 is 4.90 Å². The van der Waals surface area contributed by atoms with Gasteiger partial charge in [-0.2, -0.15) is 9.78 Å². The largest absolute Gasteiger partial charge is 0.352 e. The van der Waals surface area contributed by atoms with Crippen molar-refractivity contribution in [2.24, 2.45) is 0 Å². The molecule has 1 saturated heterocycles. The molecule has 144 valence electrons. The molecule has 0 aromatic carbocycles. The van der Waals surface area contributed by atoms with Crippen molar-refractivity contribution in [3.05, 3.63) is 48.7 Å². The zero-order chi connectivity index (χ0) is 18.4. The van der Waals surface area contributed by atoms with Gasteiger partial charge in [0.15, 0.2) is 0 Å². The van der Waals surface area contributed by atoms with Gasteiger partial charge in [-0.15, -0.1) is 12.4 Å². The van der Waals surface area contributed by atoms with Crippen LogP contribution in [0.4, 0.5) is 20.7 Å². The maximum Gasteiger partial charge on any atom is 0.349 e. The molecule has 0 spiro atoms. The molecule has 1 amide bonds. The molecule has 0 saturated carbocycles. The number of carbonyl (C=O) groups excluding carboxylic acids is 1. The smallest absolute Gasteiger partial charge is 0.349 e. The molecule has 1 unspecified atom stereocenters. The summed E-state index contributed by atoms with van der Waals surface area (Å²) >= 11 is 0. The molecule has 10 heteroatoms. The SMILES string of the molecule is Cl.O=C1N(c2cccnc2)Cc2cc(-c3cnc(N4CCC(F)C4)cn3)nn21. The predicted octanol–water partition coefficient (Wildman–Crippen LogP) is 2.69. The number of alkyl halides is 1. The number of fused-ring (bicyclic) bond motifs is 1. The summed E-state index contributed by atoms with van der Waals surface area (Å²) in [6, 6.07) is 5.24. The third-order valence-corrected chi connectivity index (χ3v) is 4.83. The number of hydrogen-bond donors (Lipinski definition) is 0. The molecule has 8 nitrogen and oxygen atoms in total. The molecule has 0 N–H and O–H groups in total. The van der Waals surface area contributed by atoms with Gasteiger partial charge >= 0.3 is 6.03 Å². The van der Waals surface area contributed by atoms with Gasteiger partial charge in [-0.3, -0.25) is 9.88 Å². The quantitative estimate of drug-likeness (QED) is 0.671. The highest BCUT2D eigenvalue weighted by Crippen LogP contribution is 2.27. The van der Waals surface area contributed by atoms with E-state index >= 15 is 0 Å². The van der Waals surface area contributed by atoms with Crippen LogP contribution in [-0.4, -0.2) is 50.0 Å². The Bertz CT molecular complexity index is 995. The van der Waals surface area contributed by atoms with Crippen molar-refractivity contribution in [3.63, 3.8) is 0 Å². The van der Waals surface area contributed by atoms with Crippen molar-refractivity contribution in [1.29, 1.82) is 0 Å². The minimum Gasteiger partial charge on any atom is -0.352 e. The van der Waals surface area contributed by atoms with Gasteiger partial charge in [0.05, 0.1) is 43.1 Å². The first-order valence-electron chi connectivity index (χ1n) is 8.71. The van der Waals surface area contributed by atoms with Crippen molar-refractivity contribution < 1.29 is 9.18 Å². The molecule has 1 fully saturated rings. The zero-order valence-corrected chi connectivity index (χ0v) is 15.6. The van der Waals surface area contributed by atoms with Crippen LogP contribution in [0, 0.1) is 0 Å². The van der Waals surface area contributed by atoms with E-state index in [1.54, 1.807) is 35.8 Å². The van der Waals surface area contributed by atoms with Crippen LogP contribution in [0.5, 0.6) is 0 Å². The van der Waals surface area contributed by atoms with Gasteiger partial charge in [0.1, 0.15) is 23.4 Å². The number of carbonyl (C=O) groups is 1. The lowest BCUT2D eigenvalue weighted by Gasteiger charge is -2.15. The lowest BCUT2D eigenvalue weighted by Crippen LogP contribution is -2.26. The van der Waals surface area contributed by atoms with E-state index in [2.05, 4.69) is 20.1 Å². The van der Waals surface area contributed by atoms with E-state index in [-0.39, 0.29) is 18.4 Å². The molecule has 5 rings (SSSR count). The first-order valence-corrected chi connectivity index (χ1v) is 8.71. The van der Waals surface area contributed by atoms with E-state index in [1.807, 2.05) is 17.0 Å². The van der Waals surface area contributed by atoms with Crippen LogP contribution in [0.2, 0.25) is 0 Å². The second-order valence-electron chi connectivity index (χ2n) is 6.60. The van der Waals surface area contributed by atoms with Gasteiger partial charge in [0, 0.05) is 12.7 Å². The Morgan fingerprint density at radius 2 is 2.04 bits per heavy atom. The summed E-state index contributed by atoms with van der Waals surface area (Å²) in [7, 11) is 0. The van der Waals surface area contributed by atoms with Crippen LogP contribution in [-0.2, 0) is 6.54 Å². The fourth-order valence-corrected chi connectivity index (χ4v) is 3.42. The van der Waals surface area contributed by atoms with Gasteiger partial charge in [0.25, 0.3) is 0 Å². The summed E-state index contributed by atoms with van der Waals surface area (Å²) in [6.07, 6.45) is 6.27. The third-order valence-electron chi connectivity index (χ3n) is 4.83. The van der Waals surface area contributed by atoms with Gasteiger partial charge in [-0.25, -0.2) is 19.2 Å². The molecule has 2 aliphatic heterocycles. The Balaban J connectivity index is 0.00000192. The molecular formula is C18H17ClFN7O. The number of pyridine rings is 1. The molecular weight excluding hydrogens is 385 g/mol. The second kappa shape index (κ2) is 7.16. The number of amides is 1. The second-order valence-corrected chi connectivity index (χ2v) is 6.60. The number of rotatable bonds is 3. The normalized spacial score (nSPS) is 18.3. The van der Waals surface area contributed by atoms with Crippen molar-refractivity contribution in [2.75, 3.05) is 22.9 Å². The van der Waals surface area contributed by atoms with Gasteiger partial charge in [-0.1, -0.05) is 0 Å². The first-order chi connectivity index (χ1) is 13.2. The molecule has 3 aromatic rings. The number of aromatic nitrogens is 5. The van der Waals surface area contributed by atoms with Crippen molar-refractivity contribution in [3.8, 4) is 11.4 Å². The summed E-state index contributed by atoms with van der Waals surface area (Å²) in [5.41, 5.74) is 2.69. The Kier molecular flexibility index (Phi) is 4.68. The molecule has 0 aliphatic carbocycles. The fourth-order valence-electron chi connectivity index (χ4n) is 3.42. The topological polar surface area (TPSA) is 80.0 Å². The number of halogens is 2. The maximum absolute atomic E-state index is 13.3. The highest BCUT2D eigenvalue weighted by Gasteiger charge is 2.31. The Labute approximate surface area is 166 Å². The van der Waals surface area contributed by atoms with Gasteiger partial charge in [0.2, 0.25) is 0 Å². The molecule has 0 radical (unpaired) electrons. The lowest BCUT2D eigenvalue weighted by molar-refractivity contribution is 0.248. The zero-order valence-electron chi connectivity index (χ0n) is 14.8. The molecule has 1 atom stereocenters. The summed E-state index contributed by atoms with van der Waals surface area (Å²) in [5.74, 6) is 0.657. The maximum atomic E-state index is 13.3. The van der Waals surface area contributed by atoms with Crippen LogP contribution < -0.4 is 9.80 Å². The van der Waals surface area contributed by atoms with Crippen molar-refractivity contribution in [1.82, 2.24) is 24.7 Å². The fraction of sp³-hybridized carbons (Fsp3) is 0.278. The molecule has 3 aromatic heterocycles. The number of hydrogen-bond acceptors (Lipinski definition) is 6. The average Bonchev–Trinajstić information content (AvgIpc) is 3.39. The summed E-state index contributed by atoms with van der Waals surface area (Å²) in [4.78, 5) is 28.9. The highest BCUT2D eigenvalue weighted by atomic mass is 35.5. The Morgan fingerprint density at radius 1 is 1.14 bits per heavy atom. The van der Waals surface area contributed by atoms with Crippen LogP contribution in [0.15, 0.2) is 43.0 Å². The number of nitrogens with zero attached hydrogens (tertiary/aromatic N) is 7. The van der Waals surface area contributed by atoms with E-state index in [1.165, 1.54) is 4.68 Å². The van der Waals surface area contributed by atoms with Crippen molar-refractivity contribution in [2.45, 2.75) is 19.1 Å². The average molecular weight is 402 g/mol. The van der Waals surface area contributed by atoms with Crippen LogP contribution in [0.3, 0.4) is 0 Å². The Morgan fingerprint density at radius 3 is 2.68 bits per heavy atom. The van der Waals surface area contributed by atoms with Crippen molar-refractivity contribution >= 4 is 29.9 Å². The first kappa shape index (κ1) is 18.3. The van der Waals surface area contributed by atoms with Gasteiger partial charge in [-0.05, 0) is 24.6 Å². The van der Waals surface area contributed by atoms with E-state index in [9.17, 15) is 9.18 Å². The molecule has 0 bridgehead atoms. The summed E-state index contributed by atoms with van der Waals surface area (Å²) in [6.45, 7) is 1.42. The minimum atomic E-state index is -0.809. The highest BCUT2D eigenvalue weighted by molar-refractivity contribution is 5.96. The molecule has 28 heavy (non-hydrogen) atoms. The summed E-state index contributed by atoms with van der Waals surface area (Å²) in [5, 5.41) is 4.39. The van der Waals surface area contributed by atoms with Crippen LogP contribution in [0.1, 0.15) is 12.1 Å². The predicted molar refractivity (Wildman–Crippen MR) is 103 cm³/mol. The van der Waals surface area contributed by atoms with Crippen LogP contribution in [0.25, 0.3) is 11.4 Å². The minimum absolute atomic E-state index is 0.